The van der Waals surface area contributed by atoms with Crippen molar-refractivity contribution in [2.45, 2.75) is 0 Å². The minimum atomic E-state index is -0.385. The molecule has 1 fully saturated rings. The Morgan fingerprint density at radius 2 is 1.69 bits per heavy atom. The number of hydrogen-bond acceptors (Lipinski definition) is 5. The second kappa shape index (κ2) is 7.92. The Morgan fingerprint density at radius 3 is 2.34 bits per heavy atom. The molecule has 0 aliphatic carbocycles. The zero-order chi connectivity index (χ0) is 20.4. The number of nitrogens with zero attached hydrogens (tertiary/aromatic N) is 5. The van der Waals surface area contributed by atoms with Crippen LogP contribution < -0.4 is 15.2 Å². The number of rotatable bonds is 3. The second-order valence-electron chi connectivity index (χ2n) is 6.62. The molecule has 1 aliphatic heterocycles. The lowest BCUT2D eigenvalue weighted by atomic mass is 10.2. The maximum atomic E-state index is 12.7. The third kappa shape index (κ3) is 3.79. The van der Waals surface area contributed by atoms with Crippen molar-refractivity contribution in [3.8, 4) is 5.69 Å². The molecule has 0 bridgehead atoms. The summed E-state index contributed by atoms with van der Waals surface area (Å²) in [5, 5.41) is 15.5. The molecule has 3 aromatic rings. The van der Waals surface area contributed by atoms with Crippen LogP contribution >= 0.6 is 11.6 Å². The monoisotopic (exact) mass is 411 g/mol. The molecule has 9 heteroatoms. The van der Waals surface area contributed by atoms with Gasteiger partial charge in [-0.05, 0) is 12.1 Å². The highest BCUT2D eigenvalue weighted by Gasteiger charge is 2.25. The van der Waals surface area contributed by atoms with Gasteiger partial charge in [0.15, 0.2) is 12.4 Å². The van der Waals surface area contributed by atoms with Gasteiger partial charge in [-0.25, -0.2) is 0 Å². The molecular weight excluding hydrogens is 394 g/mol. The standard InChI is InChI=1S/C20H18ClN5O3/c21-18-17(14-22-26(20(18)28)16-4-2-1-3-5-16)23-10-12-24(13-11-23)19(27)15-6-8-25(29)9-7-15/h1-9,14H,10-13H2. The molecule has 0 radical (unpaired) electrons. The summed E-state index contributed by atoms with van der Waals surface area (Å²) in [4.78, 5) is 28.9. The van der Waals surface area contributed by atoms with Crippen molar-refractivity contribution in [3.63, 3.8) is 0 Å². The van der Waals surface area contributed by atoms with Crippen LogP contribution in [-0.2, 0) is 0 Å². The van der Waals surface area contributed by atoms with Crippen LogP contribution in [0.1, 0.15) is 10.4 Å². The molecule has 29 heavy (non-hydrogen) atoms. The van der Waals surface area contributed by atoms with Crippen molar-refractivity contribution in [2.24, 2.45) is 0 Å². The summed E-state index contributed by atoms with van der Waals surface area (Å²) >= 11 is 6.36. The van der Waals surface area contributed by atoms with Gasteiger partial charge in [0.05, 0.1) is 23.1 Å². The average Bonchev–Trinajstić information content (AvgIpc) is 2.76. The molecule has 148 valence electrons. The highest BCUT2D eigenvalue weighted by Crippen LogP contribution is 2.23. The van der Waals surface area contributed by atoms with Crippen LogP contribution in [0.5, 0.6) is 0 Å². The van der Waals surface area contributed by atoms with Crippen molar-refractivity contribution in [1.82, 2.24) is 14.7 Å². The van der Waals surface area contributed by atoms with E-state index in [2.05, 4.69) is 5.10 Å². The first kappa shape index (κ1) is 18.9. The molecule has 1 aliphatic rings. The molecule has 0 spiro atoms. The summed E-state index contributed by atoms with van der Waals surface area (Å²) < 4.78 is 1.91. The topological polar surface area (TPSA) is 85.4 Å². The first-order chi connectivity index (χ1) is 14.0. The second-order valence-corrected chi connectivity index (χ2v) is 7.00. The number of carbonyl (C=O) groups is 1. The molecule has 3 heterocycles. The smallest absolute Gasteiger partial charge is 0.292 e. The number of amides is 1. The quantitative estimate of drug-likeness (QED) is 0.481. The molecule has 4 rings (SSSR count). The SMILES string of the molecule is O=C(c1cc[n+]([O-])cc1)N1CCN(c2cnn(-c3ccccc3)c(=O)c2Cl)CC1. The Morgan fingerprint density at radius 1 is 1.03 bits per heavy atom. The van der Waals surface area contributed by atoms with E-state index >= 15 is 0 Å². The zero-order valence-electron chi connectivity index (χ0n) is 15.4. The first-order valence-corrected chi connectivity index (χ1v) is 9.49. The van der Waals surface area contributed by atoms with E-state index in [1.165, 1.54) is 29.2 Å². The van der Waals surface area contributed by atoms with Gasteiger partial charge in [-0.15, -0.1) is 0 Å². The molecule has 0 atom stereocenters. The fourth-order valence-corrected chi connectivity index (χ4v) is 3.53. The highest BCUT2D eigenvalue weighted by atomic mass is 35.5. The Hall–Kier alpha value is -3.39. The number of aromatic nitrogens is 3. The third-order valence-corrected chi connectivity index (χ3v) is 5.21. The summed E-state index contributed by atoms with van der Waals surface area (Å²) in [6.07, 6.45) is 4.19. The maximum absolute atomic E-state index is 12.7. The number of halogens is 1. The van der Waals surface area contributed by atoms with Gasteiger partial charge >= 0.3 is 0 Å². The van der Waals surface area contributed by atoms with Crippen LogP contribution in [0.15, 0.2) is 65.8 Å². The fourth-order valence-electron chi connectivity index (χ4n) is 3.29. The van der Waals surface area contributed by atoms with E-state index in [-0.39, 0.29) is 16.5 Å². The summed E-state index contributed by atoms with van der Waals surface area (Å²) in [6.45, 7) is 2.00. The lowest BCUT2D eigenvalue weighted by Gasteiger charge is -2.36. The van der Waals surface area contributed by atoms with Crippen LogP contribution in [0.25, 0.3) is 5.69 Å². The molecule has 2 aromatic heterocycles. The fraction of sp³-hybridized carbons (Fsp3) is 0.200. The number of hydrogen-bond donors (Lipinski definition) is 0. The number of benzene rings is 1. The summed E-state index contributed by atoms with van der Waals surface area (Å²) in [6, 6.07) is 12.1. The van der Waals surface area contributed by atoms with E-state index in [0.717, 1.165) is 0 Å². The Labute approximate surface area is 171 Å². The van der Waals surface area contributed by atoms with E-state index in [4.69, 9.17) is 11.6 Å². The molecule has 8 nitrogen and oxygen atoms in total. The number of piperazine rings is 1. The van der Waals surface area contributed by atoms with Gasteiger partial charge in [-0.3, -0.25) is 9.59 Å². The van der Waals surface area contributed by atoms with E-state index in [9.17, 15) is 14.8 Å². The van der Waals surface area contributed by atoms with Gasteiger partial charge in [0.25, 0.3) is 11.5 Å². The summed E-state index contributed by atoms with van der Waals surface area (Å²) in [7, 11) is 0. The maximum Gasteiger partial charge on any atom is 0.292 e. The molecule has 1 aromatic carbocycles. The van der Waals surface area contributed by atoms with Gasteiger partial charge in [-0.1, -0.05) is 29.8 Å². The molecule has 0 saturated carbocycles. The normalized spacial score (nSPS) is 14.1. The number of para-hydroxylation sites is 1. The minimum Gasteiger partial charge on any atom is -0.619 e. The molecule has 1 saturated heterocycles. The van der Waals surface area contributed by atoms with Gasteiger partial charge in [0.1, 0.15) is 5.02 Å². The Bertz CT molecular complexity index is 1080. The number of pyridine rings is 1. The molecule has 0 N–H and O–H groups in total. The minimum absolute atomic E-state index is 0.103. The lowest BCUT2D eigenvalue weighted by molar-refractivity contribution is -0.605. The Kier molecular flexibility index (Phi) is 5.18. The van der Waals surface area contributed by atoms with E-state index in [1.807, 2.05) is 23.1 Å². The molecule has 1 amide bonds. The number of anilines is 1. The van der Waals surface area contributed by atoms with Crippen LogP contribution in [0.3, 0.4) is 0 Å². The predicted octanol–water partition coefficient (Wildman–Crippen LogP) is 1.48. The van der Waals surface area contributed by atoms with Crippen LogP contribution in [-0.4, -0.2) is 46.8 Å². The van der Waals surface area contributed by atoms with Crippen molar-refractivity contribution in [2.75, 3.05) is 31.1 Å². The van der Waals surface area contributed by atoms with E-state index in [1.54, 1.807) is 23.2 Å². The van der Waals surface area contributed by atoms with Crippen molar-refractivity contribution < 1.29 is 9.52 Å². The van der Waals surface area contributed by atoms with Gasteiger partial charge in [-0.2, -0.15) is 14.5 Å². The molecule has 0 unspecified atom stereocenters. The van der Waals surface area contributed by atoms with Crippen LogP contribution in [0.2, 0.25) is 5.02 Å². The van der Waals surface area contributed by atoms with Gasteiger partial charge in [0, 0.05) is 38.3 Å². The van der Waals surface area contributed by atoms with E-state index < -0.39 is 0 Å². The van der Waals surface area contributed by atoms with Gasteiger partial charge < -0.3 is 15.0 Å². The molecular formula is C20H18ClN5O3. The van der Waals surface area contributed by atoms with Gasteiger partial charge in [0.2, 0.25) is 0 Å². The van der Waals surface area contributed by atoms with Crippen LogP contribution in [0.4, 0.5) is 5.69 Å². The third-order valence-electron chi connectivity index (χ3n) is 4.86. The first-order valence-electron chi connectivity index (χ1n) is 9.11. The van der Waals surface area contributed by atoms with E-state index in [0.29, 0.717) is 47.8 Å². The average molecular weight is 412 g/mol. The summed E-state index contributed by atoms with van der Waals surface area (Å²) in [5.74, 6) is -0.131. The van der Waals surface area contributed by atoms with Crippen molar-refractivity contribution in [3.05, 3.63) is 87.2 Å². The Balaban J connectivity index is 1.49. The number of carbonyl (C=O) groups excluding carboxylic acids is 1. The highest BCUT2D eigenvalue weighted by molar-refractivity contribution is 6.33. The largest absolute Gasteiger partial charge is 0.619 e. The summed E-state index contributed by atoms with van der Waals surface area (Å²) in [5.41, 5.74) is 1.28. The van der Waals surface area contributed by atoms with Crippen molar-refractivity contribution >= 4 is 23.2 Å². The van der Waals surface area contributed by atoms with Crippen molar-refractivity contribution in [1.29, 1.82) is 0 Å². The zero-order valence-corrected chi connectivity index (χ0v) is 16.2. The van der Waals surface area contributed by atoms with Crippen LogP contribution in [0, 0.1) is 5.21 Å². The predicted molar refractivity (Wildman–Crippen MR) is 108 cm³/mol. The lowest BCUT2D eigenvalue weighted by Crippen LogP contribution is -2.49.